The number of thiazole rings is 2. The lowest BCUT2D eigenvalue weighted by Gasteiger charge is -2.04. The summed E-state index contributed by atoms with van der Waals surface area (Å²) in [5.74, 6) is 0.905. The van der Waals surface area contributed by atoms with Gasteiger partial charge in [-0.1, -0.05) is 27.2 Å². The van der Waals surface area contributed by atoms with Gasteiger partial charge in [0.2, 0.25) is 0 Å². The molecule has 2 aromatic heterocycles. The normalized spacial score (nSPS) is 11.3. The van der Waals surface area contributed by atoms with Crippen molar-refractivity contribution in [3.05, 3.63) is 21.0 Å². The molecule has 0 saturated heterocycles. The van der Waals surface area contributed by atoms with E-state index in [1.807, 2.05) is 19.2 Å². The highest BCUT2D eigenvalue weighted by molar-refractivity contribution is 7.16. The van der Waals surface area contributed by atoms with Crippen LogP contribution >= 0.6 is 22.7 Å². The average molecular weight is 393 g/mol. The third kappa shape index (κ3) is 6.09. The third-order valence-corrected chi connectivity index (χ3v) is 6.02. The number of hydrogen-bond acceptors (Lipinski definition) is 6. The molecule has 6 heteroatoms. The summed E-state index contributed by atoms with van der Waals surface area (Å²) >= 11 is 3.20. The Balaban J connectivity index is 2.02. The van der Waals surface area contributed by atoms with Gasteiger partial charge in [0.15, 0.2) is 5.78 Å². The highest BCUT2D eigenvalue weighted by Crippen LogP contribution is 2.31. The first kappa shape index (κ1) is 20.9. The molecule has 142 valence electrons. The molecule has 0 N–H and O–H groups in total. The summed E-state index contributed by atoms with van der Waals surface area (Å²) in [5.41, 5.74) is 1.51. The van der Waals surface area contributed by atoms with E-state index >= 15 is 0 Å². The predicted molar refractivity (Wildman–Crippen MR) is 109 cm³/mol. The lowest BCUT2D eigenvalue weighted by molar-refractivity contribution is -0.118. The maximum Gasteiger partial charge on any atom is 0.182 e. The summed E-state index contributed by atoms with van der Waals surface area (Å²) in [5, 5.41) is 3.86. The Hall–Kier alpha value is -1.40. The average Bonchev–Trinajstić information content (AvgIpc) is 3.20. The summed E-state index contributed by atoms with van der Waals surface area (Å²) in [6.07, 6.45) is 5.22. The first-order valence-corrected chi connectivity index (χ1v) is 11.1. The van der Waals surface area contributed by atoms with E-state index in [1.165, 1.54) is 0 Å². The molecule has 2 rings (SSSR count). The van der Waals surface area contributed by atoms with Gasteiger partial charge in [0.05, 0.1) is 5.01 Å². The molecule has 0 aromatic carbocycles. The van der Waals surface area contributed by atoms with Crippen LogP contribution in [0.5, 0.6) is 0 Å². The van der Waals surface area contributed by atoms with E-state index in [1.54, 1.807) is 22.7 Å². The van der Waals surface area contributed by atoms with Crippen LogP contribution in [0.3, 0.4) is 0 Å². The maximum atomic E-state index is 12.7. The molecule has 0 saturated carbocycles. The largest absolute Gasteiger partial charge is 0.300 e. The zero-order valence-electron chi connectivity index (χ0n) is 16.1. The SMILES string of the molecule is CCC(=O)CCCCCC(=O)c1nc(-c2csc(C)n2)sc1CC(C)C. The van der Waals surface area contributed by atoms with E-state index in [-0.39, 0.29) is 5.78 Å². The molecule has 0 radical (unpaired) electrons. The molecule has 26 heavy (non-hydrogen) atoms. The van der Waals surface area contributed by atoms with Crippen molar-refractivity contribution in [1.82, 2.24) is 9.97 Å². The van der Waals surface area contributed by atoms with Crippen LogP contribution in [0.25, 0.3) is 10.7 Å². The number of carbonyl (C=O) groups is 2. The standard InChI is InChI=1S/C20H28N2O2S2/c1-5-15(23)9-7-6-8-10-17(24)19-18(11-13(2)3)26-20(22-19)16-12-25-14(4)21-16/h12-13H,5-11H2,1-4H3. The van der Waals surface area contributed by atoms with E-state index in [0.29, 0.717) is 36.7 Å². The van der Waals surface area contributed by atoms with Gasteiger partial charge in [-0.15, -0.1) is 22.7 Å². The number of Topliss-reactive ketones (excluding diaryl/α,β-unsaturated/α-hetero) is 2. The minimum absolute atomic E-state index is 0.122. The van der Waals surface area contributed by atoms with Gasteiger partial charge in [0.1, 0.15) is 22.2 Å². The lowest BCUT2D eigenvalue weighted by Crippen LogP contribution is -2.05. The first-order chi connectivity index (χ1) is 12.4. The molecule has 0 spiro atoms. The Kier molecular flexibility index (Phi) is 8.10. The second-order valence-electron chi connectivity index (χ2n) is 7.02. The van der Waals surface area contributed by atoms with Gasteiger partial charge in [0.25, 0.3) is 0 Å². The molecular formula is C20H28N2O2S2. The van der Waals surface area contributed by atoms with Gasteiger partial charge in [-0.25, -0.2) is 9.97 Å². The molecular weight excluding hydrogens is 364 g/mol. The molecule has 2 heterocycles. The molecule has 0 fully saturated rings. The number of hydrogen-bond donors (Lipinski definition) is 0. The number of rotatable bonds is 11. The molecule has 0 aliphatic heterocycles. The van der Waals surface area contributed by atoms with Crippen molar-refractivity contribution in [2.24, 2.45) is 5.92 Å². The Labute approximate surface area is 164 Å². The zero-order chi connectivity index (χ0) is 19.1. The van der Waals surface area contributed by atoms with Gasteiger partial charge >= 0.3 is 0 Å². The van der Waals surface area contributed by atoms with E-state index in [9.17, 15) is 9.59 Å². The molecule has 0 bridgehead atoms. The number of aryl methyl sites for hydroxylation is 1. The van der Waals surface area contributed by atoms with E-state index in [4.69, 9.17) is 0 Å². The zero-order valence-corrected chi connectivity index (χ0v) is 17.8. The quantitative estimate of drug-likeness (QED) is 0.353. The number of unbranched alkanes of at least 4 members (excludes halogenated alkanes) is 2. The summed E-state index contributed by atoms with van der Waals surface area (Å²) < 4.78 is 0. The summed E-state index contributed by atoms with van der Waals surface area (Å²) in [6.45, 7) is 8.19. The monoisotopic (exact) mass is 392 g/mol. The molecule has 2 aromatic rings. The van der Waals surface area contributed by atoms with Gasteiger partial charge in [-0.3, -0.25) is 9.59 Å². The smallest absolute Gasteiger partial charge is 0.182 e. The van der Waals surface area contributed by atoms with E-state index in [2.05, 4.69) is 23.8 Å². The van der Waals surface area contributed by atoms with Crippen molar-refractivity contribution in [3.63, 3.8) is 0 Å². The van der Waals surface area contributed by atoms with Crippen LogP contribution in [0.2, 0.25) is 0 Å². The van der Waals surface area contributed by atoms with Crippen LogP contribution in [0, 0.1) is 12.8 Å². The minimum Gasteiger partial charge on any atom is -0.300 e. The lowest BCUT2D eigenvalue weighted by atomic mass is 10.0. The van der Waals surface area contributed by atoms with Gasteiger partial charge in [-0.2, -0.15) is 0 Å². The van der Waals surface area contributed by atoms with Crippen molar-refractivity contribution in [2.75, 3.05) is 0 Å². The Morgan fingerprint density at radius 2 is 1.85 bits per heavy atom. The van der Waals surface area contributed by atoms with Crippen LogP contribution < -0.4 is 0 Å². The fourth-order valence-corrected chi connectivity index (χ4v) is 4.65. The summed E-state index contributed by atoms with van der Waals surface area (Å²) in [6, 6.07) is 0. The Morgan fingerprint density at radius 3 is 2.46 bits per heavy atom. The predicted octanol–water partition coefficient (Wildman–Crippen LogP) is 5.89. The van der Waals surface area contributed by atoms with Crippen LogP contribution in [0.4, 0.5) is 0 Å². The fraction of sp³-hybridized carbons (Fsp3) is 0.600. The van der Waals surface area contributed by atoms with Crippen LogP contribution in [0.15, 0.2) is 5.38 Å². The maximum absolute atomic E-state index is 12.7. The molecule has 0 atom stereocenters. The second kappa shape index (κ2) is 10.1. The number of nitrogens with zero attached hydrogens (tertiary/aromatic N) is 2. The highest BCUT2D eigenvalue weighted by atomic mass is 32.1. The first-order valence-electron chi connectivity index (χ1n) is 9.37. The Bertz CT molecular complexity index is 747. The molecule has 0 unspecified atom stereocenters. The Morgan fingerprint density at radius 1 is 1.12 bits per heavy atom. The number of ketones is 2. The van der Waals surface area contributed by atoms with Crippen LogP contribution in [-0.4, -0.2) is 21.5 Å². The molecule has 0 aliphatic rings. The van der Waals surface area contributed by atoms with Gasteiger partial charge in [0, 0.05) is 29.5 Å². The van der Waals surface area contributed by atoms with Crippen molar-refractivity contribution < 1.29 is 9.59 Å². The number of carbonyl (C=O) groups excluding carboxylic acids is 2. The van der Waals surface area contributed by atoms with Crippen molar-refractivity contribution in [1.29, 1.82) is 0 Å². The summed E-state index contributed by atoms with van der Waals surface area (Å²) in [7, 11) is 0. The molecule has 4 nitrogen and oxygen atoms in total. The van der Waals surface area contributed by atoms with Gasteiger partial charge < -0.3 is 0 Å². The van der Waals surface area contributed by atoms with Gasteiger partial charge in [-0.05, 0) is 32.1 Å². The highest BCUT2D eigenvalue weighted by Gasteiger charge is 2.20. The summed E-state index contributed by atoms with van der Waals surface area (Å²) in [4.78, 5) is 34.3. The number of aromatic nitrogens is 2. The second-order valence-corrected chi connectivity index (χ2v) is 9.16. The van der Waals surface area contributed by atoms with Crippen LogP contribution in [-0.2, 0) is 11.2 Å². The van der Waals surface area contributed by atoms with E-state index < -0.39 is 0 Å². The van der Waals surface area contributed by atoms with Crippen LogP contribution in [0.1, 0.15) is 79.7 Å². The van der Waals surface area contributed by atoms with E-state index in [0.717, 1.165) is 46.3 Å². The van der Waals surface area contributed by atoms with Crippen molar-refractivity contribution >= 4 is 34.2 Å². The molecule has 0 amide bonds. The van der Waals surface area contributed by atoms with Crippen molar-refractivity contribution in [2.45, 2.75) is 72.6 Å². The fourth-order valence-electron chi connectivity index (χ4n) is 2.73. The minimum atomic E-state index is 0.122. The van der Waals surface area contributed by atoms with Crippen molar-refractivity contribution in [3.8, 4) is 10.7 Å². The molecule has 0 aliphatic carbocycles. The third-order valence-electron chi connectivity index (χ3n) is 4.15. The topological polar surface area (TPSA) is 59.9 Å².